The average Bonchev–Trinajstić information content (AvgIpc) is 2.91. The highest BCUT2D eigenvalue weighted by molar-refractivity contribution is 6.32. The summed E-state index contributed by atoms with van der Waals surface area (Å²) in [5, 5.41) is 0.709. The van der Waals surface area contributed by atoms with Gasteiger partial charge in [0.1, 0.15) is 0 Å². The van der Waals surface area contributed by atoms with Gasteiger partial charge in [0, 0.05) is 22.1 Å². The second-order valence-corrected chi connectivity index (χ2v) is 9.41. The molecule has 0 radical (unpaired) electrons. The minimum atomic E-state index is 0.709. The lowest BCUT2D eigenvalue weighted by Gasteiger charge is -2.26. The van der Waals surface area contributed by atoms with Crippen LogP contribution in [0.2, 0.25) is 5.02 Å². The molecule has 0 amide bonds. The van der Waals surface area contributed by atoms with Gasteiger partial charge in [-0.15, -0.1) is 0 Å². The van der Waals surface area contributed by atoms with Gasteiger partial charge in [0.05, 0.1) is 0 Å². The molecule has 5 rings (SSSR count). The summed E-state index contributed by atoms with van der Waals surface area (Å²) in [5.41, 5.74) is 10.1. The van der Waals surface area contributed by atoms with Gasteiger partial charge in [-0.2, -0.15) is 0 Å². The predicted octanol–water partition coefficient (Wildman–Crippen LogP) is 10.0. The van der Waals surface area contributed by atoms with Crippen LogP contribution in [0.1, 0.15) is 27.8 Å². The first-order chi connectivity index (χ1) is 17.6. The van der Waals surface area contributed by atoms with Gasteiger partial charge >= 0.3 is 0 Å². The molecule has 0 saturated carbocycles. The lowest BCUT2D eigenvalue weighted by atomic mass is 9.95. The Morgan fingerprint density at radius 3 is 1.44 bits per heavy atom. The maximum Gasteiger partial charge on any atom is 0.0499 e. The standard InChI is InChI=1S/C34H28ClN/c1-25-13-18-30(19-14-25)36(31-20-15-26(2)16-21-31)32-22-17-29(34(35)24-32)23-33(27-9-5-3-6-10-27)28-11-7-4-8-12-28/h3-24H,1-2H3. The fourth-order valence-corrected chi connectivity index (χ4v) is 4.56. The Morgan fingerprint density at radius 1 is 0.556 bits per heavy atom. The molecule has 5 aromatic rings. The summed E-state index contributed by atoms with van der Waals surface area (Å²) in [5.74, 6) is 0. The summed E-state index contributed by atoms with van der Waals surface area (Å²) in [4.78, 5) is 2.24. The fraction of sp³-hybridized carbons (Fsp3) is 0.0588. The molecule has 0 heterocycles. The number of aryl methyl sites for hydroxylation is 2. The lowest BCUT2D eigenvalue weighted by molar-refractivity contribution is 1.27. The van der Waals surface area contributed by atoms with Crippen LogP contribution in [-0.4, -0.2) is 0 Å². The van der Waals surface area contributed by atoms with Crippen molar-refractivity contribution >= 4 is 40.3 Å². The zero-order chi connectivity index (χ0) is 24.9. The van der Waals surface area contributed by atoms with Gasteiger partial charge in [-0.3, -0.25) is 0 Å². The third-order valence-electron chi connectivity index (χ3n) is 6.30. The zero-order valence-corrected chi connectivity index (χ0v) is 21.3. The smallest absolute Gasteiger partial charge is 0.0499 e. The van der Waals surface area contributed by atoms with Crippen LogP contribution in [0.25, 0.3) is 11.6 Å². The zero-order valence-electron chi connectivity index (χ0n) is 20.5. The van der Waals surface area contributed by atoms with Crippen molar-refractivity contribution in [3.05, 3.63) is 160 Å². The summed E-state index contributed by atoms with van der Waals surface area (Å²) in [7, 11) is 0. The first kappa shape index (κ1) is 23.7. The van der Waals surface area contributed by atoms with E-state index in [0.29, 0.717) is 5.02 Å². The van der Waals surface area contributed by atoms with Crippen LogP contribution in [0.4, 0.5) is 17.1 Å². The molecule has 0 atom stereocenters. The molecule has 0 unspecified atom stereocenters. The molecule has 0 fully saturated rings. The maximum atomic E-state index is 6.95. The predicted molar refractivity (Wildman–Crippen MR) is 155 cm³/mol. The summed E-state index contributed by atoms with van der Waals surface area (Å²) in [6.07, 6.45) is 2.18. The second kappa shape index (κ2) is 10.7. The van der Waals surface area contributed by atoms with Crippen molar-refractivity contribution < 1.29 is 0 Å². The summed E-state index contributed by atoms with van der Waals surface area (Å²) >= 11 is 6.95. The van der Waals surface area contributed by atoms with Crippen LogP contribution in [0, 0.1) is 13.8 Å². The molecule has 0 aliphatic carbocycles. The van der Waals surface area contributed by atoms with E-state index in [1.807, 2.05) is 12.1 Å². The normalized spacial score (nSPS) is 10.6. The Hall–Kier alpha value is -4.07. The molecule has 1 nitrogen and oxygen atoms in total. The topological polar surface area (TPSA) is 3.24 Å². The number of halogens is 1. The number of nitrogens with zero attached hydrogens (tertiary/aromatic N) is 1. The highest BCUT2D eigenvalue weighted by atomic mass is 35.5. The minimum Gasteiger partial charge on any atom is -0.310 e. The van der Waals surface area contributed by atoms with Gasteiger partial charge in [0.2, 0.25) is 0 Å². The van der Waals surface area contributed by atoms with E-state index in [2.05, 4.69) is 140 Å². The quantitative estimate of drug-likeness (QED) is 0.216. The Morgan fingerprint density at radius 2 is 1.00 bits per heavy atom. The van der Waals surface area contributed by atoms with E-state index < -0.39 is 0 Å². The van der Waals surface area contributed by atoms with Crippen molar-refractivity contribution in [2.45, 2.75) is 13.8 Å². The molecule has 0 bridgehead atoms. The van der Waals surface area contributed by atoms with Gasteiger partial charge < -0.3 is 4.90 Å². The Balaban J connectivity index is 1.59. The first-order valence-corrected chi connectivity index (χ1v) is 12.5. The molecule has 0 aliphatic rings. The fourth-order valence-electron chi connectivity index (χ4n) is 4.33. The Bertz CT molecular complexity index is 1380. The second-order valence-electron chi connectivity index (χ2n) is 9.00. The molecule has 0 spiro atoms. The molecule has 2 heteroatoms. The number of anilines is 3. The Labute approximate surface area is 218 Å². The number of hydrogen-bond acceptors (Lipinski definition) is 1. The monoisotopic (exact) mass is 485 g/mol. The summed E-state index contributed by atoms with van der Waals surface area (Å²) in [6, 6.07) is 44.4. The molecule has 0 aliphatic heterocycles. The molecule has 176 valence electrons. The summed E-state index contributed by atoms with van der Waals surface area (Å²) in [6.45, 7) is 4.21. The van der Waals surface area contributed by atoms with E-state index in [0.717, 1.165) is 39.3 Å². The van der Waals surface area contributed by atoms with E-state index in [1.54, 1.807) is 0 Å². The molecule has 36 heavy (non-hydrogen) atoms. The van der Waals surface area contributed by atoms with Crippen molar-refractivity contribution in [1.82, 2.24) is 0 Å². The van der Waals surface area contributed by atoms with Crippen LogP contribution in [0.15, 0.2) is 127 Å². The van der Waals surface area contributed by atoms with Crippen molar-refractivity contribution in [1.29, 1.82) is 0 Å². The Kier molecular flexibility index (Phi) is 7.02. The number of benzene rings is 5. The first-order valence-electron chi connectivity index (χ1n) is 12.1. The van der Waals surface area contributed by atoms with E-state index in [-0.39, 0.29) is 0 Å². The molecule has 0 N–H and O–H groups in total. The van der Waals surface area contributed by atoms with Crippen molar-refractivity contribution in [2.75, 3.05) is 4.90 Å². The largest absolute Gasteiger partial charge is 0.310 e. The van der Waals surface area contributed by atoms with Crippen LogP contribution < -0.4 is 4.90 Å². The van der Waals surface area contributed by atoms with Gasteiger partial charge in [-0.1, -0.05) is 114 Å². The van der Waals surface area contributed by atoms with Gasteiger partial charge in [0.25, 0.3) is 0 Å². The molecule has 0 aromatic heterocycles. The SMILES string of the molecule is Cc1ccc(N(c2ccc(C)cc2)c2ccc(C=C(c3ccccc3)c3ccccc3)c(Cl)c2)cc1. The molecule has 5 aromatic carbocycles. The number of rotatable bonds is 6. The van der Waals surface area contributed by atoms with Crippen LogP contribution in [0.3, 0.4) is 0 Å². The van der Waals surface area contributed by atoms with Crippen molar-refractivity contribution in [3.8, 4) is 0 Å². The third-order valence-corrected chi connectivity index (χ3v) is 6.62. The van der Waals surface area contributed by atoms with Crippen LogP contribution in [0.5, 0.6) is 0 Å². The van der Waals surface area contributed by atoms with Gasteiger partial charge in [-0.05, 0) is 78.6 Å². The van der Waals surface area contributed by atoms with E-state index in [9.17, 15) is 0 Å². The highest BCUT2D eigenvalue weighted by Gasteiger charge is 2.14. The molecular formula is C34H28ClN. The molecular weight excluding hydrogens is 458 g/mol. The van der Waals surface area contributed by atoms with Crippen LogP contribution in [-0.2, 0) is 0 Å². The van der Waals surface area contributed by atoms with E-state index in [4.69, 9.17) is 11.6 Å². The third kappa shape index (κ3) is 5.27. The molecule has 0 saturated heterocycles. The minimum absolute atomic E-state index is 0.709. The lowest BCUT2D eigenvalue weighted by Crippen LogP contribution is -2.10. The maximum absolute atomic E-state index is 6.95. The summed E-state index contributed by atoms with van der Waals surface area (Å²) < 4.78 is 0. The van der Waals surface area contributed by atoms with Crippen molar-refractivity contribution in [3.63, 3.8) is 0 Å². The van der Waals surface area contributed by atoms with Crippen LogP contribution >= 0.6 is 11.6 Å². The van der Waals surface area contributed by atoms with Gasteiger partial charge in [-0.25, -0.2) is 0 Å². The van der Waals surface area contributed by atoms with E-state index >= 15 is 0 Å². The number of hydrogen-bond donors (Lipinski definition) is 0. The average molecular weight is 486 g/mol. The highest BCUT2D eigenvalue weighted by Crippen LogP contribution is 2.38. The van der Waals surface area contributed by atoms with Crippen molar-refractivity contribution in [2.24, 2.45) is 0 Å². The van der Waals surface area contributed by atoms with Gasteiger partial charge in [0.15, 0.2) is 0 Å². The van der Waals surface area contributed by atoms with E-state index in [1.165, 1.54) is 11.1 Å².